The molecule has 0 spiro atoms. The second kappa shape index (κ2) is 8.20. The van der Waals surface area contributed by atoms with E-state index in [2.05, 4.69) is 9.80 Å². The van der Waals surface area contributed by atoms with E-state index >= 15 is 0 Å². The molecule has 0 aliphatic carbocycles. The van der Waals surface area contributed by atoms with Gasteiger partial charge in [0.1, 0.15) is 0 Å². The molecule has 2 aliphatic rings. The first-order chi connectivity index (χ1) is 9.33. The third kappa shape index (κ3) is 4.71. The average Bonchev–Trinajstić information content (AvgIpc) is 2.89. The predicted molar refractivity (Wildman–Crippen MR) is 77.3 cm³/mol. The van der Waals surface area contributed by atoms with Crippen molar-refractivity contribution in [1.82, 2.24) is 9.80 Å². The Morgan fingerprint density at radius 1 is 1.00 bits per heavy atom. The maximum Gasteiger partial charge on any atom is 0.170 e. The van der Waals surface area contributed by atoms with Gasteiger partial charge in [-0.15, -0.1) is 0 Å². The number of rotatable bonds is 7. The molecule has 0 aromatic heterocycles. The van der Waals surface area contributed by atoms with Gasteiger partial charge in [0.25, 0.3) is 0 Å². The third-order valence-electron chi connectivity index (χ3n) is 4.27. The summed E-state index contributed by atoms with van der Waals surface area (Å²) in [5, 5.41) is 0. The summed E-state index contributed by atoms with van der Waals surface area (Å²) in [6.45, 7) is 11.4. The molecule has 2 saturated heterocycles. The summed E-state index contributed by atoms with van der Waals surface area (Å²) in [6.07, 6.45) is 5.46. The van der Waals surface area contributed by atoms with E-state index in [1.807, 2.05) is 13.8 Å². The SMILES string of the molecule is CCOC(CN1CCC(N2CCCCC2)C1)OCC. The molecule has 0 saturated carbocycles. The van der Waals surface area contributed by atoms with Crippen molar-refractivity contribution in [1.29, 1.82) is 0 Å². The van der Waals surface area contributed by atoms with E-state index in [0.29, 0.717) is 0 Å². The number of piperidine rings is 1. The van der Waals surface area contributed by atoms with Crippen LogP contribution in [-0.2, 0) is 9.47 Å². The molecule has 1 unspecified atom stereocenters. The molecular weight excluding hydrogens is 240 g/mol. The standard InChI is InChI=1S/C15H30N2O2/c1-3-18-15(19-4-2)13-16-11-8-14(12-16)17-9-6-5-7-10-17/h14-15H,3-13H2,1-2H3. The van der Waals surface area contributed by atoms with Gasteiger partial charge in [0.2, 0.25) is 0 Å². The first-order valence-electron chi connectivity index (χ1n) is 8.03. The Morgan fingerprint density at radius 2 is 1.68 bits per heavy atom. The molecule has 4 heteroatoms. The fourth-order valence-corrected chi connectivity index (χ4v) is 3.30. The van der Waals surface area contributed by atoms with E-state index in [0.717, 1.165) is 25.8 Å². The number of nitrogens with zero attached hydrogens (tertiary/aromatic N) is 2. The highest BCUT2D eigenvalue weighted by Crippen LogP contribution is 2.20. The Balaban J connectivity index is 1.73. The summed E-state index contributed by atoms with van der Waals surface area (Å²) in [5.74, 6) is 0. The molecule has 0 aromatic carbocycles. The molecule has 1 atom stereocenters. The van der Waals surface area contributed by atoms with E-state index in [-0.39, 0.29) is 6.29 Å². The molecule has 0 N–H and O–H groups in total. The number of ether oxygens (including phenoxy) is 2. The van der Waals surface area contributed by atoms with Crippen molar-refractivity contribution in [3.8, 4) is 0 Å². The van der Waals surface area contributed by atoms with Gasteiger partial charge in [-0.25, -0.2) is 0 Å². The fraction of sp³-hybridized carbons (Fsp3) is 1.00. The van der Waals surface area contributed by atoms with Crippen LogP contribution in [0, 0.1) is 0 Å². The van der Waals surface area contributed by atoms with Gasteiger partial charge >= 0.3 is 0 Å². The smallest absolute Gasteiger partial charge is 0.170 e. The van der Waals surface area contributed by atoms with Crippen molar-refractivity contribution in [2.75, 3.05) is 45.9 Å². The Bertz CT molecular complexity index is 238. The van der Waals surface area contributed by atoms with E-state index in [1.165, 1.54) is 51.9 Å². The molecule has 2 fully saturated rings. The third-order valence-corrected chi connectivity index (χ3v) is 4.27. The van der Waals surface area contributed by atoms with Crippen LogP contribution in [0.3, 0.4) is 0 Å². The first kappa shape index (κ1) is 15.2. The van der Waals surface area contributed by atoms with Crippen molar-refractivity contribution in [2.24, 2.45) is 0 Å². The van der Waals surface area contributed by atoms with Gasteiger partial charge in [-0.2, -0.15) is 0 Å². The van der Waals surface area contributed by atoms with Gasteiger partial charge in [0.15, 0.2) is 6.29 Å². The largest absolute Gasteiger partial charge is 0.352 e. The molecule has 2 heterocycles. The van der Waals surface area contributed by atoms with Crippen molar-refractivity contribution in [3.05, 3.63) is 0 Å². The summed E-state index contributed by atoms with van der Waals surface area (Å²) in [6, 6.07) is 0.768. The van der Waals surface area contributed by atoms with E-state index in [1.54, 1.807) is 0 Å². The maximum atomic E-state index is 5.65. The minimum atomic E-state index is -0.0462. The Kier molecular flexibility index (Phi) is 6.57. The van der Waals surface area contributed by atoms with Gasteiger partial charge in [-0.3, -0.25) is 9.80 Å². The van der Waals surface area contributed by atoms with Gasteiger partial charge in [0.05, 0.1) is 0 Å². The van der Waals surface area contributed by atoms with Gasteiger partial charge in [0, 0.05) is 32.3 Å². The minimum Gasteiger partial charge on any atom is -0.352 e. The van der Waals surface area contributed by atoms with E-state index in [9.17, 15) is 0 Å². The summed E-state index contributed by atoms with van der Waals surface area (Å²) < 4.78 is 11.3. The zero-order valence-corrected chi connectivity index (χ0v) is 12.6. The van der Waals surface area contributed by atoms with Crippen LogP contribution in [0.5, 0.6) is 0 Å². The Hall–Kier alpha value is -0.160. The van der Waals surface area contributed by atoms with Crippen LogP contribution >= 0.6 is 0 Å². The second-order valence-corrected chi connectivity index (χ2v) is 5.64. The molecule has 2 rings (SSSR count). The summed E-state index contributed by atoms with van der Waals surface area (Å²) in [5.41, 5.74) is 0. The molecule has 4 nitrogen and oxygen atoms in total. The van der Waals surface area contributed by atoms with E-state index in [4.69, 9.17) is 9.47 Å². The lowest BCUT2D eigenvalue weighted by atomic mass is 10.1. The van der Waals surface area contributed by atoms with Gasteiger partial charge in [-0.05, 0) is 52.7 Å². The second-order valence-electron chi connectivity index (χ2n) is 5.64. The van der Waals surface area contributed by atoms with Crippen LogP contribution in [0.1, 0.15) is 39.5 Å². The Labute approximate surface area is 118 Å². The van der Waals surface area contributed by atoms with Crippen LogP contribution < -0.4 is 0 Å². The Morgan fingerprint density at radius 3 is 2.32 bits per heavy atom. The summed E-state index contributed by atoms with van der Waals surface area (Å²) in [7, 11) is 0. The molecule has 0 aromatic rings. The van der Waals surface area contributed by atoms with Crippen LogP contribution in [0.25, 0.3) is 0 Å². The lowest BCUT2D eigenvalue weighted by molar-refractivity contribution is -0.145. The molecule has 19 heavy (non-hydrogen) atoms. The van der Waals surface area contributed by atoms with E-state index < -0.39 is 0 Å². The van der Waals surface area contributed by atoms with Crippen molar-refractivity contribution in [3.63, 3.8) is 0 Å². The molecule has 0 bridgehead atoms. The zero-order valence-electron chi connectivity index (χ0n) is 12.6. The fourth-order valence-electron chi connectivity index (χ4n) is 3.30. The van der Waals surface area contributed by atoms with Crippen molar-refractivity contribution >= 4 is 0 Å². The lowest BCUT2D eigenvalue weighted by Gasteiger charge is -2.32. The molecule has 0 amide bonds. The monoisotopic (exact) mass is 270 g/mol. The van der Waals surface area contributed by atoms with Crippen LogP contribution in [0.2, 0.25) is 0 Å². The number of likely N-dealkylation sites (tertiary alicyclic amines) is 2. The van der Waals surface area contributed by atoms with Crippen molar-refractivity contribution in [2.45, 2.75) is 51.9 Å². The van der Waals surface area contributed by atoms with Crippen molar-refractivity contribution < 1.29 is 9.47 Å². The normalized spacial score (nSPS) is 26.4. The summed E-state index contributed by atoms with van der Waals surface area (Å²) >= 11 is 0. The zero-order chi connectivity index (χ0) is 13.5. The molecule has 0 radical (unpaired) electrons. The highest BCUT2D eigenvalue weighted by Gasteiger charge is 2.29. The topological polar surface area (TPSA) is 24.9 Å². The van der Waals surface area contributed by atoms with Gasteiger partial charge < -0.3 is 9.47 Å². The van der Waals surface area contributed by atoms with Gasteiger partial charge in [-0.1, -0.05) is 6.42 Å². The molecule has 2 aliphatic heterocycles. The predicted octanol–water partition coefficient (Wildman–Crippen LogP) is 1.95. The first-order valence-corrected chi connectivity index (χ1v) is 8.03. The maximum absolute atomic E-state index is 5.65. The highest BCUT2D eigenvalue weighted by molar-refractivity contribution is 4.85. The van der Waals surface area contributed by atoms with Crippen LogP contribution in [0.4, 0.5) is 0 Å². The van der Waals surface area contributed by atoms with Crippen LogP contribution in [0.15, 0.2) is 0 Å². The quantitative estimate of drug-likeness (QED) is 0.660. The number of hydrogen-bond donors (Lipinski definition) is 0. The lowest BCUT2D eigenvalue weighted by Crippen LogP contribution is -2.42. The average molecular weight is 270 g/mol. The summed E-state index contributed by atoms with van der Waals surface area (Å²) in [4.78, 5) is 5.20. The molecule has 112 valence electrons. The minimum absolute atomic E-state index is 0.0462. The van der Waals surface area contributed by atoms with Crippen LogP contribution in [-0.4, -0.2) is 68.1 Å². The molecular formula is C15H30N2O2. The highest BCUT2D eigenvalue weighted by atomic mass is 16.7. The number of hydrogen-bond acceptors (Lipinski definition) is 4.